The van der Waals surface area contributed by atoms with Crippen molar-refractivity contribution < 1.29 is 0 Å². The third-order valence-electron chi connectivity index (χ3n) is 5.65. The fraction of sp³-hybridized carbons (Fsp3) is 0. The van der Waals surface area contributed by atoms with E-state index in [-0.39, 0.29) is 6.85 Å². The van der Waals surface area contributed by atoms with E-state index >= 15 is 0 Å². The highest BCUT2D eigenvalue weighted by Crippen LogP contribution is 2.41. The average Bonchev–Trinajstić information content (AvgIpc) is 2.72. The molecule has 2 aliphatic rings. The molecule has 26 heavy (non-hydrogen) atoms. The standard InChI is InChI=1S/C24H16BN/c1-2-9-19-16-26-23-14-13-17-7-3-4-10-20(17)24(23)21-11-5-6-12-22(21)25(26)15-18(19)8-1/h1-16H. The summed E-state index contributed by atoms with van der Waals surface area (Å²) < 4.78 is 0. The summed E-state index contributed by atoms with van der Waals surface area (Å²) in [5.74, 6) is 2.40. The minimum Gasteiger partial charge on any atom is -0.382 e. The fourth-order valence-electron chi connectivity index (χ4n) is 4.46. The summed E-state index contributed by atoms with van der Waals surface area (Å²) >= 11 is 0. The zero-order valence-electron chi connectivity index (χ0n) is 14.3. The first-order chi connectivity index (χ1) is 12.9. The van der Waals surface area contributed by atoms with Crippen molar-refractivity contribution in [3.8, 4) is 11.1 Å². The van der Waals surface area contributed by atoms with E-state index < -0.39 is 0 Å². The summed E-state index contributed by atoms with van der Waals surface area (Å²) in [5.41, 5.74) is 5.36. The van der Waals surface area contributed by atoms with Gasteiger partial charge in [-0.2, -0.15) is 0 Å². The lowest BCUT2D eigenvalue weighted by atomic mass is 9.49. The molecule has 0 saturated heterocycles. The van der Waals surface area contributed by atoms with Crippen LogP contribution in [0.3, 0.4) is 0 Å². The van der Waals surface area contributed by atoms with Gasteiger partial charge >= 0.3 is 6.85 Å². The molecule has 0 aliphatic carbocycles. The molecule has 2 heterocycles. The van der Waals surface area contributed by atoms with Gasteiger partial charge in [0.2, 0.25) is 0 Å². The minimum absolute atomic E-state index is 0.245. The van der Waals surface area contributed by atoms with Crippen molar-refractivity contribution in [2.45, 2.75) is 0 Å². The SMILES string of the molecule is C1=c2ccccc2=CN2B1c1ccccc1-c1c2ccc2ccccc12. The third kappa shape index (κ3) is 1.82. The Labute approximate surface area is 152 Å². The maximum Gasteiger partial charge on any atom is 0.321 e. The van der Waals surface area contributed by atoms with E-state index in [1.807, 2.05) is 0 Å². The van der Waals surface area contributed by atoms with Crippen molar-refractivity contribution in [3.63, 3.8) is 0 Å². The molecule has 4 aromatic carbocycles. The Morgan fingerprint density at radius 3 is 2.38 bits per heavy atom. The topological polar surface area (TPSA) is 3.24 Å². The first-order valence-corrected chi connectivity index (χ1v) is 9.08. The average molecular weight is 329 g/mol. The summed E-state index contributed by atoms with van der Waals surface area (Å²) in [6.07, 6.45) is 2.31. The van der Waals surface area contributed by atoms with Crippen LogP contribution in [0.15, 0.2) is 84.9 Å². The molecule has 6 rings (SSSR count). The highest BCUT2D eigenvalue weighted by Gasteiger charge is 2.33. The van der Waals surface area contributed by atoms with Crippen molar-refractivity contribution >= 4 is 40.9 Å². The van der Waals surface area contributed by atoms with Crippen LogP contribution in [0.4, 0.5) is 5.69 Å². The maximum atomic E-state index is 2.44. The predicted molar refractivity (Wildman–Crippen MR) is 112 cm³/mol. The molecular weight excluding hydrogens is 313 g/mol. The van der Waals surface area contributed by atoms with Crippen LogP contribution in [0.5, 0.6) is 0 Å². The molecule has 0 aromatic heterocycles. The van der Waals surface area contributed by atoms with Gasteiger partial charge in [0.15, 0.2) is 0 Å². The smallest absolute Gasteiger partial charge is 0.321 e. The van der Waals surface area contributed by atoms with Crippen LogP contribution in [0, 0.1) is 0 Å². The van der Waals surface area contributed by atoms with Crippen molar-refractivity contribution in [2.75, 3.05) is 4.81 Å². The molecule has 120 valence electrons. The van der Waals surface area contributed by atoms with Gasteiger partial charge in [-0.15, -0.1) is 0 Å². The van der Waals surface area contributed by atoms with E-state index in [4.69, 9.17) is 0 Å². The monoisotopic (exact) mass is 329 g/mol. The number of hydrogen-bond donors (Lipinski definition) is 0. The molecule has 0 spiro atoms. The van der Waals surface area contributed by atoms with Gasteiger partial charge in [0.05, 0.1) is 0 Å². The number of benzene rings is 4. The summed E-state index contributed by atoms with van der Waals surface area (Å²) in [5, 5.41) is 5.21. The molecular formula is C24H16BN. The normalized spacial score (nSPS) is 13.8. The van der Waals surface area contributed by atoms with Crippen LogP contribution < -0.4 is 20.7 Å². The maximum absolute atomic E-state index is 2.44. The Balaban J connectivity index is 1.77. The third-order valence-corrected chi connectivity index (χ3v) is 5.65. The summed E-state index contributed by atoms with van der Waals surface area (Å²) in [6.45, 7) is 0.245. The second-order valence-electron chi connectivity index (χ2n) is 7.04. The van der Waals surface area contributed by atoms with E-state index in [0.717, 1.165) is 0 Å². The van der Waals surface area contributed by atoms with Crippen molar-refractivity contribution in [2.24, 2.45) is 0 Å². The summed E-state index contributed by atoms with van der Waals surface area (Å²) in [7, 11) is 0. The molecule has 0 unspecified atom stereocenters. The molecule has 0 radical (unpaired) electrons. The van der Waals surface area contributed by atoms with Crippen LogP contribution in [0.2, 0.25) is 0 Å². The number of anilines is 1. The largest absolute Gasteiger partial charge is 0.382 e. The van der Waals surface area contributed by atoms with Gasteiger partial charge in [-0.25, -0.2) is 0 Å². The molecule has 0 fully saturated rings. The molecule has 1 nitrogen and oxygen atoms in total. The predicted octanol–water partition coefficient (Wildman–Crippen LogP) is 3.30. The summed E-state index contributed by atoms with van der Waals surface area (Å²) in [4.78, 5) is 2.44. The van der Waals surface area contributed by atoms with E-state index in [1.165, 1.54) is 43.5 Å². The molecule has 0 N–H and O–H groups in total. The molecule has 0 atom stereocenters. The Bertz CT molecular complexity index is 1310. The van der Waals surface area contributed by atoms with E-state index in [1.54, 1.807) is 0 Å². The van der Waals surface area contributed by atoms with Gasteiger partial charge in [-0.3, -0.25) is 0 Å². The fourth-order valence-corrected chi connectivity index (χ4v) is 4.46. The van der Waals surface area contributed by atoms with Gasteiger partial charge < -0.3 is 4.81 Å². The van der Waals surface area contributed by atoms with Gasteiger partial charge in [0.1, 0.15) is 0 Å². The highest BCUT2D eigenvalue weighted by molar-refractivity contribution is 6.91. The van der Waals surface area contributed by atoms with Crippen LogP contribution in [-0.4, -0.2) is 6.85 Å². The first kappa shape index (κ1) is 14.0. The quantitative estimate of drug-likeness (QED) is 0.448. The summed E-state index contributed by atoms with van der Waals surface area (Å²) in [6, 6.07) is 30.7. The van der Waals surface area contributed by atoms with E-state index in [9.17, 15) is 0 Å². The van der Waals surface area contributed by atoms with Crippen LogP contribution in [0.1, 0.15) is 0 Å². The molecule has 0 amide bonds. The minimum atomic E-state index is 0.245. The number of fused-ring (bicyclic) bond motifs is 9. The molecule has 0 saturated carbocycles. The molecule has 4 aromatic rings. The van der Waals surface area contributed by atoms with Crippen molar-refractivity contribution in [1.29, 1.82) is 0 Å². The van der Waals surface area contributed by atoms with Gasteiger partial charge in [-0.05, 0) is 44.5 Å². The molecule has 2 heteroatoms. The second kappa shape index (κ2) is 5.12. The van der Waals surface area contributed by atoms with Gasteiger partial charge in [0, 0.05) is 11.3 Å². The first-order valence-electron chi connectivity index (χ1n) is 9.08. The zero-order valence-corrected chi connectivity index (χ0v) is 14.3. The highest BCUT2D eigenvalue weighted by atomic mass is 15.1. The van der Waals surface area contributed by atoms with E-state index in [0.29, 0.717) is 0 Å². The van der Waals surface area contributed by atoms with Crippen molar-refractivity contribution in [1.82, 2.24) is 0 Å². The van der Waals surface area contributed by atoms with Crippen LogP contribution in [-0.2, 0) is 0 Å². The van der Waals surface area contributed by atoms with Crippen LogP contribution in [0.25, 0.3) is 34.1 Å². The lowest BCUT2D eigenvalue weighted by Gasteiger charge is -2.37. The van der Waals surface area contributed by atoms with Crippen molar-refractivity contribution in [3.05, 3.63) is 95.4 Å². The van der Waals surface area contributed by atoms with E-state index in [2.05, 4.69) is 102 Å². The lowest BCUT2D eigenvalue weighted by molar-refractivity contribution is 1.39. The Morgan fingerprint density at radius 2 is 1.42 bits per heavy atom. The molecule has 2 aliphatic heterocycles. The van der Waals surface area contributed by atoms with Gasteiger partial charge in [0.25, 0.3) is 0 Å². The zero-order chi connectivity index (χ0) is 17.1. The second-order valence-corrected chi connectivity index (χ2v) is 7.04. The molecule has 0 bridgehead atoms. The van der Waals surface area contributed by atoms with Gasteiger partial charge in [-0.1, -0.05) is 84.8 Å². The number of nitrogens with zero attached hydrogens (tertiary/aromatic N) is 1. The Morgan fingerprint density at radius 1 is 0.654 bits per heavy atom. The Hall–Kier alpha value is -3.26. The lowest BCUT2D eigenvalue weighted by Crippen LogP contribution is -2.53. The number of rotatable bonds is 0. The Kier molecular flexibility index (Phi) is 2.75. The number of hydrogen-bond acceptors (Lipinski definition) is 1. The van der Waals surface area contributed by atoms with Crippen LogP contribution >= 0.6 is 0 Å².